The van der Waals surface area contributed by atoms with Crippen LogP contribution >= 0.6 is 0 Å². The zero-order chi connectivity index (χ0) is 37.7. The molecule has 0 bridgehead atoms. The fourth-order valence-electron chi connectivity index (χ4n) is 8.56. The van der Waals surface area contributed by atoms with E-state index in [2.05, 4.69) is 193 Å². The van der Waals surface area contributed by atoms with Crippen LogP contribution in [-0.4, -0.2) is 0 Å². The molecule has 2 heterocycles. The van der Waals surface area contributed by atoms with Gasteiger partial charge in [0.05, 0.1) is 11.4 Å². The van der Waals surface area contributed by atoms with Gasteiger partial charge in [0.25, 0.3) is 0 Å². The van der Waals surface area contributed by atoms with Crippen molar-refractivity contribution >= 4 is 60.9 Å². The standard InChI is InChI=1S/C54H35NO2/c1-2-16-36(17-3-1)39-18-4-5-19-41(39)42-20-6-7-21-43(42)44-22-8-11-27-48(44)55(49-28-14-26-46-45-23-9-12-29-50(45)57-54(46)49)38-34-32-37(33-35-38)40-25-15-31-52-53(40)47-24-10-13-30-51(47)56-52/h1-35H. The van der Waals surface area contributed by atoms with E-state index in [1.54, 1.807) is 0 Å². The quantitative estimate of drug-likeness (QED) is 0.164. The summed E-state index contributed by atoms with van der Waals surface area (Å²) in [7, 11) is 0. The molecule has 0 N–H and O–H groups in total. The van der Waals surface area contributed by atoms with Crippen LogP contribution in [-0.2, 0) is 0 Å². The molecule has 0 saturated carbocycles. The van der Waals surface area contributed by atoms with Crippen molar-refractivity contribution in [3.8, 4) is 44.5 Å². The number of anilines is 3. The lowest BCUT2D eigenvalue weighted by Crippen LogP contribution is -2.11. The van der Waals surface area contributed by atoms with Gasteiger partial charge in [-0.25, -0.2) is 0 Å². The minimum absolute atomic E-state index is 0.843. The molecule has 2 aromatic heterocycles. The Morgan fingerprint density at radius 2 is 0.772 bits per heavy atom. The van der Waals surface area contributed by atoms with Crippen molar-refractivity contribution in [2.45, 2.75) is 0 Å². The Hall–Kier alpha value is -7.62. The van der Waals surface area contributed by atoms with Gasteiger partial charge in [-0.05, 0) is 81.4 Å². The highest BCUT2D eigenvalue weighted by atomic mass is 16.3. The van der Waals surface area contributed by atoms with Crippen LogP contribution in [0.2, 0.25) is 0 Å². The van der Waals surface area contributed by atoms with Gasteiger partial charge in [0.1, 0.15) is 16.7 Å². The predicted octanol–water partition coefficient (Wildman–Crippen LogP) is 15.6. The molecule has 11 aromatic rings. The molecule has 0 saturated heterocycles. The average Bonchev–Trinajstić information content (AvgIpc) is 3.87. The Bertz CT molecular complexity index is 3240. The predicted molar refractivity (Wildman–Crippen MR) is 237 cm³/mol. The third-order valence-electron chi connectivity index (χ3n) is 11.1. The summed E-state index contributed by atoms with van der Waals surface area (Å²) in [6.45, 7) is 0. The molecule has 0 radical (unpaired) electrons. The van der Waals surface area contributed by atoms with Gasteiger partial charge >= 0.3 is 0 Å². The highest BCUT2D eigenvalue weighted by Crippen LogP contribution is 2.48. The number of furan rings is 2. The Morgan fingerprint density at radius 1 is 0.281 bits per heavy atom. The van der Waals surface area contributed by atoms with Crippen molar-refractivity contribution in [2.75, 3.05) is 4.90 Å². The minimum Gasteiger partial charge on any atom is -0.456 e. The first kappa shape index (κ1) is 32.8. The molecule has 0 amide bonds. The molecule has 9 aromatic carbocycles. The van der Waals surface area contributed by atoms with Crippen LogP contribution in [0.5, 0.6) is 0 Å². The maximum absolute atomic E-state index is 6.73. The topological polar surface area (TPSA) is 29.5 Å². The fraction of sp³-hybridized carbons (Fsp3) is 0. The Labute approximate surface area is 330 Å². The Balaban J connectivity index is 1.12. The third kappa shape index (κ3) is 5.51. The van der Waals surface area contributed by atoms with Gasteiger partial charge < -0.3 is 13.7 Å². The Kier molecular flexibility index (Phi) is 7.82. The van der Waals surface area contributed by atoms with Crippen LogP contribution < -0.4 is 4.90 Å². The molecular weight excluding hydrogens is 695 g/mol. The van der Waals surface area contributed by atoms with E-state index in [1.165, 1.54) is 22.3 Å². The first-order chi connectivity index (χ1) is 28.3. The summed E-state index contributed by atoms with van der Waals surface area (Å²) in [5.74, 6) is 0. The second-order valence-corrected chi connectivity index (χ2v) is 14.4. The molecule has 0 fully saturated rings. The van der Waals surface area contributed by atoms with E-state index >= 15 is 0 Å². The highest BCUT2D eigenvalue weighted by Gasteiger charge is 2.24. The van der Waals surface area contributed by atoms with Crippen LogP contribution in [0.4, 0.5) is 17.1 Å². The number of benzene rings is 9. The van der Waals surface area contributed by atoms with Crippen LogP contribution in [0, 0.1) is 0 Å². The molecule has 3 heteroatoms. The van der Waals surface area contributed by atoms with Gasteiger partial charge in [-0.2, -0.15) is 0 Å². The summed E-state index contributed by atoms with van der Waals surface area (Å²) in [5, 5.41) is 4.42. The first-order valence-corrected chi connectivity index (χ1v) is 19.3. The van der Waals surface area contributed by atoms with Crippen molar-refractivity contribution in [3.63, 3.8) is 0 Å². The van der Waals surface area contributed by atoms with Crippen molar-refractivity contribution in [1.82, 2.24) is 0 Å². The average molecular weight is 730 g/mol. The number of rotatable bonds is 7. The van der Waals surface area contributed by atoms with Crippen molar-refractivity contribution < 1.29 is 8.83 Å². The van der Waals surface area contributed by atoms with E-state index < -0.39 is 0 Å². The summed E-state index contributed by atoms with van der Waals surface area (Å²) in [6, 6.07) is 75.1. The summed E-state index contributed by atoms with van der Waals surface area (Å²) >= 11 is 0. The normalized spacial score (nSPS) is 11.5. The number of hydrogen-bond donors (Lipinski definition) is 0. The van der Waals surface area contributed by atoms with E-state index in [0.29, 0.717) is 0 Å². The zero-order valence-electron chi connectivity index (χ0n) is 31.0. The number of hydrogen-bond acceptors (Lipinski definition) is 3. The number of para-hydroxylation sites is 4. The van der Waals surface area contributed by atoms with E-state index in [0.717, 1.165) is 83.2 Å². The van der Waals surface area contributed by atoms with Gasteiger partial charge in [-0.1, -0.05) is 170 Å². The molecule has 268 valence electrons. The number of nitrogens with zero attached hydrogens (tertiary/aromatic N) is 1. The SMILES string of the molecule is c1ccc(-c2ccccc2-c2ccccc2-c2ccccc2N(c2ccc(-c3cccc4oc5ccccc5c34)cc2)c2cccc3c2oc2ccccc23)cc1. The first-order valence-electron chi connectivity index (χ1n) is 19.3. The molecule has 0 aliphatic heterocycles. The summed E-state index contributed by atoms with van der Waals surface area (Å²) in [6.07, 6.45) is 0. The number of fused-ring (bicyclic) bond motifs is 6. The van der Waals surface area contributed by atoms with Crippen LogP contribution in [0.1, 0.15) is 0 Å². The zero-order valence-corrected chi connectivity index (χ0v) is 31.0. The maximum atomic E-state index is 6.73. The van der Waals surface area contributed by atoms with Crippen LogP contribution in [0.3, 0.4) is 0 Å². The largest absolute Gasteiger partial charge is 0.456 e. The smallest absolute Gasteiger partial charge is 0.159 e. The molecule has 0 unspecified atom stereocenters. The summed E-state index contributed by atoms with van der Waals surface area (Å²) in [5.41, 5.74) is 15.8. The van der Waals surface area contributed by atoms with E-state index in [4.69, 9.17) is 8.83 Å². The monoisotopic (exact) mass is 729 g/mol. The lowest BCUT2D eigenvalue weighted by Gasteiger charge is -2.28. The fourth-order valence-corrected chi connectivity index (χ4v) is 8.56. The second kappa shape index (κ2) is 13.6. The minimum atomic E-state index is 0.843. The second-order valence-electron chi connectivity index (χ2n) is 14.4. The van der Waals surface area contributed by atoms with Crippen molar-refractivity contribution in [3.05, 3.63) is 212 Å². The molecule has 0 aliphatic carbocycles. The van der Waals surface area contributed by atoms with Gasteiger partial charge in [-0.3, -0.25) is 0 Å². The summed E-state index contributed by atoms with van der Waals surface area (Å²) < 4.78 is 13.0. The van der Waals surface area contributed by atoms with E-state index in [9.17, 15) is 0 Å². The van der Waals surface area contributed by atoms with Gasteiger partial charge in [0.2, 0.25) is 0 Å². The van der Waals surface area contributed by atoms with Crippen molar-refractivity contribution in [1.29, 1.82) is 0 Å². The van der Waals surface area contributed by atoms with Crippen LogP contribution in [0.25, 0.3) is 88.4 Å². The third-order valence-corrected chi connectivity index (χ3v) is 11.1. The molecule has 3 nitrogen and oxygen atoms in total. The highest BCUT2D eigenvalue weighted by molar-refractivity contribution is 6.13. The van der Waals surface area contributed by atoms with E-state index in [-0.39, 0.29) is 0 Å². The molecule has 0 atom stereocenters. The Morgan fingerprint density at radius 3 is 1.54 bits per heavy atom. The van der Waals surface area contributed by atoms with Crippen LogP contribution in [0.15, 0.2) is 221 Å². The summed E-state index contributed by atoms with van der Waals surface area (Å²) in [4.78, 5) is 2.36. The van der Waals surface area contributed by atoms with Crippen molar-refractivity contribution in [2.24, 2.45) is 0 Å². The lowest BCUT2D eigenvalue weighted by molar-refractivity contribution is 0.668. The maximum Gasteiger partial charge on any atom is 0.159 e. The molecule has 57 heavy (non-hydrogen) atoms. The molecule has 0 aliphatic rings. The van der Waals surface area contributed by atoms with Gasteiger partial charge in [0.15, 0.2) is 5.58 Å². The van der Waals surface area contributed by atoms with Gasteiger partial charge in [0, 0.05) is 32.8 Å². The van der Waals surface area contributed by atoms with E-state index in [1.807, 2.05) is 24.3 Å². The lowest BCUT2D eigenvalue weighted by atomic mass is 9.88. The van der Waals surface area contributed by atoms with Gasteiger partial charge in [-0.15, -0.1) is 0 Å². The molecule has 0 spiro atoms. The molecular formula is C54H35NO2. The molecule has 11 rings (SSSR count).